The smallest absolute Gasteiger partial charge is 0.262 e. The summed E-state index contributed by atoms with van der Waals surface area (Å²) in [5.74, 6) is -0.705. The lowest BCUT2D eigenvalue weighted by atomic mass is 9.99. The Balaban J connectivity index is 1.30. The van der Waals surface area contributed by atoms with Crippen molar-refractivity contribution in [3.05, 3.63) is 71.3 Å². The fraction of sp³-hybridized carbons (Fsp3) is 0.348. The van der Waals surface area contributed by atoms with Crippen LogP contribution in [0.25, 0.3) is 0 Å². The lowest BCUT2D eigenvalue weighted by molar-refractivity contribution is -0.133. The Morgan fingerprint density at radius 2 is 1.62 bits per heavy atom. The van der Waals surface area contributed by atoms with E-state index in [-0.39, 0.29) is 18.4 Å². The van der Waals surface area contributed by atoms with E-state index in [2.05, 4.69) is 0 Å². The summed E-state index contributed by atoms with van der Waals surface area (Å²) < 4.78 is 5.84. The number of carbonyl (C=O) groups excluding carboxylic acids is 3. The molecule has 29 heavy (non-hydrogen) atoms. The lowest BCUT2D eigenvalue weighted by Crippen LogP contribution is -2.47. The number of amides is 3. The fourth-order valence-corrected chi connectivity index (χ4v) is 3.96. The zero-order valence-electron chi connectivity index (χ0n) is 16.3. The molecule has 4 rings (SSSR count). The minimum absolute atomic E-state index is 0.188. The molecule has 2 aliphatic rings. The molecule has 2 aromatic carbocycles. The summed E-state index contributed by atoms with van der Waals surface area (Å²) >= 11 is 0. The van der Waals surface area contributed by atoms with Gasteiger partial charge in [-0.3, -0.25) is 19.3 Å². The number of rotatable bonds is 6. The van der Waals surface area contributed by atoms with Gasteiger partial charge in [-0.05, 0) is 36.5 Å². The second-order valence-corrected chi connectivity index (χ2v) is 7.59. The number of nitrogens with zero attached hydrogens (tertiary/aromatic N) is 2. The van der Waals surface area contributed by atoms with Gasteiger partial charge in [-0.25, -0.2) is 0 Å². The number of likely N-dealkylation sites (tertiary alicyclic amines) is 1. The number of hydrogen-bond donors (Lipinski definition) is 0. The second kappa shape index (κ2) is 8.57. The van der Waals surface area contributed by atoms with Crippen molar-refractivity contribution >= 4 is 17.7 Å². The van der Waals surface area contributed by atoms with Crippen LogP contribution in [-0.4, -0.2) is 53.8 Å². The van der Waals surface area contributed by atoms with Crippen molar-refractivity contribution in [2.24, 2.45) is 5.92 Å². The van der Waals surface area contributed by atoms with Gasteiger partial charge in [0, 0.05) is 13.1 Å². The topological polar surface area (TPSA) is 66.9 Å². The summed E-state index contributed by atoms with van der Waals surface area (Å²) in [7, 11) is 0. The monoisotopic (exact) mass is 392 g/mol. The summed E-state index contributed by atoms with van der Waals surface area (Å²) in [6.07, 6.45) is 1.90. The van der Waals surface area contributed by atoms with Crippen LogP contribution >= 0.6 is 0 Å². The van der Waals surface area contributed by atoms with Gasteiger partial charge >= 0.3 is 0 Å². The minimum Gasteiger partial charge on any atom is -0.376 e. The Kier molecular flexibility index (Phi) is 5.71. The van der Waals surface area contributed by atoms with Gasteiger partial charge in [-0.15, -0.1) is 0 Å². The molecule has 0 N–H and O–H groups in total. The first-order chi connectivity index (χ1) is 14.1. The van der Waals surface area contributed by atoms with E-state index >= 15 is 0 Å². The number of fused-ring (bicyclic) bond motifs is 1. The van der Waals surface area contributed by atoms with Gasteiger partial charge in [0.2, 0.25) is 5.91 Å². The van der Waals surface area contributed by atoms with E-state index in [1.54, 1.807) is 29.2 Å². The molecule has 3 amide bonds. The predicted octanol–water partition coefficient (Wildman–Crippen LogP) is 2.74. The minimum atomic E-state index is -0.390. The first-order valence-electron chi connectivity index (χ1n) is 9.98. The molecule has 0 bridgehead atoms. The summed E-state index contributed by atoms with van der Waals surface area (Å²) in [6.45, 7) is 2.18. The Hall–Kier alpha value is -2.99. The number of hydrogen-bond acceptors (Lipinski definition) is 4. The van der Waals surface area contributed by atoms with Crippen molar-refractivity contribution in [1.82, 2.24) is 9.80 Å². The molecule has 150 valence electrons. The van der Waals surface area contributed by atoms with Crippen molar-refractivity contribution in [3.63, 3.8) is 0 Å². The van der Waals surface area contributed by atoms with Crippen LogP contribution in [0.4, 0.5) is 0 Å². The molecule has 2 heterocycles. The zero-order valence-corrected chi connectivity index (χ0v) is 16.3. The molecule has 1 fully saturated rings. The van der Waals surface area contributed by atoms with Crippen molar-refractivity contribution in [3.8, 4) is 0 Å². The van der Waals surface area contributed by atoms with Gasteiger partial charge in [-0.1, -0.05) is 42.5 Å². The summed E-state index contributed by atoms with van der Waals surface area (Å²) in [4.78, 5) is 40.5. The van der Waals surface area contributed by atoms with Crippen LogP contribution in [0.5, 0.6) is 0 Å². The maximum atomic E-state index is 12.8. The third-order valence-corrected chi connectivity index (χ3v) is 5.51. The van der Waals surface area contributed by atoms with Gasteiger partial charge in [-0.2, -0.15) is 0 Å². The molecule has 6 nitrogen and oxygen atoms in total. The van der Waals surface area contributed by atoms with Crippen molar-refractivity contribution in [1.29, 1.82) is 0 Å². The van der Waals surface area contributed by atoms with Crippen LogP contribution in [-0.2, 0) is 16.1 Å². The predicted molar refractivity (Wildman–Crippen MR) is 107 cm³/mol. The van der Waals surface area contributed by atoms with E-state index in [4.69, 9.17) is 4.74 Å². The number of imide groups is 1. The van der Waals surface area contributed by atoms with Crippen LogP contribution in [0.15, 0.2) is 54.6 Å². The highest BCUT2D eigenvalue weighted by molar-refractivity contribution is 6.22. The molecular formula is C23H24N2O4. The zero-order chi connectivity index (χ0) is 20.2. The van der Waals surface area contributed by atoms with Crippen LogP contribution < -0.4 is 0 Å². The largest absolute Gasteiger partial charge is 0.376 e. The summed E-state index contributed by atoms with van der Waals surface area (Å²) in [5, 5.41) is 0. The van der Waals surface area contributed by atoms with E-state index in [1.807, 2.05) is 30.3 Å². The van der Waals surface area contributed by atoms with Crippen molar-refractivity contribution < 1.29 is 19.1 Å². The van der Waals surface area contributed by atoms with Crippen LogP contribution in [0.2, 0.25) is 0 Å². The summed E-state index contributed by atoms with van der Waals surface area (Å²) in [5.41, 5.74) is 1.87. The highest BCUT2D eigenvalue weighted by atomic mass is 16.5. The Bertz CT molecular complexity index is 877. The van der Waals surface area contributed by atoms with Gasteiger partial charge in [0.25, 0.3) is 11.8 Å². The molecule has 6 heteroatoms. The average molecular weight is 392 g/mol. The van der Waals surface area contributed by atoms with E-state index in [1.165, 1.54) is 0 Å². The standard InChI is InChI=1S/C23H24N2O4/c26-21(14-25-22(27)19-10-4-5-11-20(19)23(25)28)24-12-6-9-18(13-24)16-29-15-17-7-2-1-3-8-17/h1-5,7-8,10-11,18H,6,9,12-16H2. The number of ether oxygens (including phenoxy) is 1. The first-order valence-corrected chi connectivity index (χ1v) is 9.98. The number of carbonyl (C=O) groups is 3. The highest BCUT2D eigenvalue weighted by Crippen LogP contribution is 2.23. The molecule has 1 unspecified atom stereocenters. The Labute approximate surface area is 170 Å². The normalized spacial score (nSPS) is 18.8. The Morgan fingerprint density at radius 3 is 2.31 bits per heavy atom. The molecule has 1 saturated heterocycles. The first kappa shape index (κ1) is 19.3. The molecular weight excluding hydrogens is 368 g/mol. The molecule has 1 atom stereocenters. The van der Waals surface area contributed by atoms with Crippen molar-refractivity contribution in [2.45, 2.75) is 19.4 Å². The van der Waals surface area contributed by atoms with Crippen molar-refractivity contribution in [2.75, 3.05) is 26.2 Å². The number of piperidine rings is 1. The molecule has 0 spiro atoms. The molecule has 0 aromatic heterocycles. The molecule has 0 saturated carbocycles. The number of benzene rings is 2. The van der Waals surface area contributed by atoms with Gasteiger partial charge in [0.05, 0.1) is 24.3 Å². The molecule has 2 aliphatic heterocycles. The van der Waals surface area contributed by atoms with Gasteiger partial charge in [0.1, 0.15) is 6.54 Å². The summed E-state index contributed by atoms with van der Waals surface area (Å²) in [6, 6.07) is 16.7. The van der Waals surface area contributed by atoms with Crippen LogP contribution in [0.3, 0.4) is 0 Å². The van der Waals surface area contributed by atoms with Gasteiger partial charge < -0.3 is 9.64 Å². The third-order valence-electron chi connectivity index (χ3n) is 5.51. The van der Waals surface area contributed by atoms with Gasteiger partial charge in [0.15, 0.2) is 0 Å². The maximum absolute atomic E-state index is 12.8. The van der Waals surface area contributed by atoms with E-state index < -0.39 is 11.8 Å². The molecule has 0 radical (unpaired) electrons. The Morgan fingerprint density at radius 1 is 0.966 bits per heavy atom. The van der Waals surface area contributed by atoms with E-state index in [9.17, 15) is 14.4 Å². The van der Waals surface area contributed by atoms with Crippen LogP contribution in [0, 0.1) is 5.92 Å². The lowest BCUT2D eigenvalue weighted by Gasteiger charge is -2.33. The third kappa shape index (κ3) is 4.22. The molecule has 0 aliphatic carbocycles. The molecule has 2 aromatic rings. The highest BCUT2D eigenvalue weighted by Gasteiger charge is 2.37. The SMILES string of the molecule is O=C(CN1C(=O)c2ccccc2C1=O)N1CCCC(COCc2ccccc2)C1. The van der Waals surface area contributed by atoms with E-state index in [0.717, 1.165) is 23.3 Å². The second-order valence-electron chi connectivity index (χ2n) is 7.59. The van der Waals surface area contributed by atoms with E-state index in [0.29, 0.717) is 37.4 Å². The average Bonchev–Trinajstić information content (AvgIpc) is 3.00. The fourth-order valence-electron chi connectivity index (χ4n) is 3.96. The van der Waals surface area contributed by atoms with Crippen LogP contribution in [0.1, 0.15) is 39.1 Å². The maximum Gasteiger partial charge on any atom is 0.262 e. The quantitative estimate of drug-likeness (QED) is 0.709.